The number of nitrogens with zero attached hydrogens (tertiary/aromatic N) is 3. The Balaban J connectivity index is 1.82. The molecule has 3 rings (SSSR count). The molecule has 0 atom stereocenters. The summed E-state index contributed by atoms with van der Waals surface area (Å²) in [6.45, 7) is 2.80. The molecule has 0 radical (unpaired) electrons. The smallest absolute Gasteiger partial charge is 0.137 e. The number of halogens is 1. The summed E-state index contributed by atoms with van der Waals surface area (Å²) in [5.74, 6) is 0. The molecule has 5 heteroatoms. The van der Waals surface area contributed by atoms with Gasteiger partial charge in [0.25, 0.3) is 0 Å². The van der Waals surface area contributed by atoms with Crippen LogP contribution in [0.25, 0.3) is 5.65 Å². The number of aromatic nitrogens is 2. The highest BCUT2D eigenvalue weighted by molar-refractivity contribution is 6.30. The second-order valence-corrected chi connectivity index (χ2v) is 4.74. The molecule has 1 fully saturated rings. The quantitative estimate of drug-likeness (QED) is 0.851. The van der Waals surface area contributed by atoms with E-state index in [1.165, 1.54) is 0 Å². The lowest BCUT2D eigenvalue weighted by Crippen LogP contribution is -2.54. The summed E-state index contributed by atoms with van der Waals surface area (Å²) >= 11 is 5.92. The van der Waals surface area contributed by atoms with Crippen LogP contribution in [0, 0.1) is 0 Å². The van der Waals surface area contributed by atoms with E-state index in [9.17, 15) is 0 Å². The van der Waals surface area contributed by atoms with E-state index < -0.39 is 0 Å². The van der Waals surface area contributed by atoms with E-state index >= 15 is 0 Å². The maximum atomic E-state index is 5.92. The molecule has 0 unspecified atom stereocenters. The van der Waals surface area contributed by atoms with Crippen molar-refractivity contribution >= 4 is 17.2 Å². The summed E-state index contributed by atoms with van der Waals surface area (Å²) in [6, 6.07) is 4.12. The molecule has 0 spiro atoms. The van der Waals surface area contributed by atoms with E-state index in [0.717, 1.165) is 36.0 Å². The van der Waals surface area contributed by atoms with Crippen LogP contribution in [-0.4, -0.2) is 33.4 Å². The highest BCUT2D eigenvalue weighted by atomic mass is 35.5. The Bertz CT molecular complexity index is 516. The van der Waals surface area contributed by atoms with Crippen molar-refractivity contribution in [1.29, 1.82) is 0 Å². The maximum absolute atomic E-state index is 5.92. The Morgan fingerprint density at radius 2 is 2.19 bits per heavy atom. The fourth-order valence-corrected chi connectivity index (χ4v) is 2.23. The van der Waals surface area contributed by atoms with Crippen LogP contribution in [0.2, 0.25) is 5.02 Å². The third-order valence-corrected chi connectivity index (χ3v) is 3.06. The van der Waals surface area contributed by atoms with Crippen molar-refractivity contribution in [3.05, 3.63) is 35.2 Å². The van der Waals surface area contributed by atoms with Crippen molar-refractivity contribution in [3.8, 4) is 0 Å². The highest BCUT2D eigenvalue weighted by Gasteiger charge is 2.23. The highest BCUT2D eigenvalue weighted by Crippen LogP contribution is 2.15. The predicted molar refractivity (Wildman–Crippen MR) is 63.5 cm³/mol. The molecule has 16 heavy (non-hydrogen) atoms. The van der Waals surface area contributed by atoms with Gasteiger partial charge in [0, 0.05) is 38.1 Å². The van der Waals surface area contributed by atoms with Gasteiger partial charge < -0.3 is 10.1 Å². The van der Waals surface area contributed by atoms with Gasteiger partial charge in [0.2, 0.25) is 0 Å². The van der Waals surface area contributed by atoms with Gasteiger partial charge in [0.15, 0.2) is 0 Å². The third-order valence-electron chi connectivity index (χ3n) is 2.84. The van der Waals surface area contributed by atoms with E-state index in [1.54, 1.807) is 0 Å². The molecule has 1 aliphatic rings. The van der Waals surface area contributed by atoms with E-state index in [0.29, 0.717) is 6.04 Å². The molecule has 84 valence electrons. The van der Waals surface area contributed by atoms with Crippen LogP contribution in [0.15, 0.2) is 24.5 Å². The minimum atomic E-state index is 0.339. The van der Waals surface area contributed by atoms with Gasteiger partial charge in [-0.05, 0) is 12.1 Å². The molecule has 4 nitrogen and oxygen atoms in total. The van der Waals surface area contributed by atoms with Crippen molar-refractivity contribution in [2.75, 3.05) is 13.1 Å². The number of imidazole rings is 1. The van der Waals surface area contributed by atoms with Crippen molar-refractivity contribution < 1.29 is 0 Å². The summed E-state index contributed by atoms with van der Waals surface area (Å²) in [6.07, 6.45) is 3.89. The molecule has 1 saturated heterocycles. The fourth-order valence-electron chi connectivity index (χ4n) is 2.06. The van der Waals surface area contributed by atoms with E-state index in [2.05, 4.69) is 9.88 Å². The van der Waals surface area contributed by atoms with Gasteiger partial charge >= 0.3 is 0 Å². The number of likely N-dealkylation sites (tertiary alicyclic amines) is 1. The predicted octanol–water partition coefficient (Wildman–Crippen LogP) is 1.13. The van der Waals surface area contributed by atoms with Gasteiger partial charge in [-0.2, -0.15) is 0 Å². The minimum Gasteiger partial charge on any atom is -0.325 e. The number of hydrogen-bond donors (Lipinski definition) is 1. The first-order valence-electron chi connectivity index (χ1n) is 5.32. The zero-order valence-electron chi connectivity index (χ0n) is 8.81. The van der Waals surface area contributed by atoms with Crippen LogP contribution in [0.5, 0.6) is 0 Å². The summed E-state index contributed by atoms with van der Waals surface area (Å²) in [7, 11) is 0. The SMILES string of the molecule is NC1CN(Cc2cn3cc(Cl)ccc3n2)C1. The second-order valence-electron chi connectivity index (χ2n) is 4.30. The van der Waals surface area contributed by atoms with E-state index in [4.69, 9.17) is 17.3 Å². The van der Waals surface area contributed by atoms with Crippen LogP contribution in [0.1, 0.15) is 5.69 Å². The molecule has 0 saturated carbocycles. The summed E-state index contributed by atoms with van der Waals surface area (Å²) in [5, 5.41) is 0.724. The average molecular weight is 237 g/mol. The van der Waals surface area contributed by atoms with Gasteiger partial charge in [0.05, 0.1) is 10.7 Å². The van der Waals surface area contributed by atoms with Crippen molar-refractivity contribution in [2.24, 2.45) is 5.73 Å². The van der Waals surface area contributed by atoms with E-state index in [1.807, 2.05) is 28.9 Å². The normalized spacial score (nSPS) is 17.9. The van der Waals surface area contributed by atoms with Gasteiger partial charge in [-0.1, -0.05) is 11.6 Å². The number of rotatable bonds is 2. The summed E-state index contributed by atoms with van der Waals surface area (Å²) < 4.78 is 1.96. The van der Waals surface area contributed by atoms with Crippen LogP contribution in [0.4, 0.5) is 0 Å². The molecule has 0 aromatic carbocycles. The van der Waals surface area contributed by atoms with Crippen molar-refractivity contribution in [2.45, 2.75) is 12.6 Å². The molecule has 2 aromatic rings. The molecule has 0 aliphatic carbocycles. The minimum absolute atomic E-state index is 0.339. The second kappa shape index (κ2) is 3.73. The zero-order chi connectivity index (χ0) is 11.1. The Morgan fingerprint density at radius 1 is 1.38 bits per heavy atom. The van der Waals surface area contributed by atoms with Crippen molar-refractivity contribution in [3.63, 3.8) is 0 Å². The molecule has 3 heterocycles. The summed E-state index contributed by atoms with van der Waals surface area (Å²) in [5.41, 5.74) is 7.73. The van der Waals surface area contributed by atoms with Gasteiger partial charge in [-0.3, -0.25) is 4.90 Å². The van der Waals surface area contributed by atoms with Gasteiger partial charge in [-0.25, -0.2) is 4.98 Å². The third kappa shape index (κ3) is 1.80. The lowest BCUT2D eigenvalue weighted by atomic mass is 10.1. The zero-order valence-corrected chi connectivity index (χ0v) is 9.56. The maximum Gasteiger partial charge on any atom is 0.137 e. The van der Waals surface area contributed by atoms with Gasteiger partial charge in [-0.15, -0.1) is 0 Å². The standard InChI is InChI=1S/C11H13ClN4/c12-8-1-2-11-14-10(7-16(11)3-8)6-15-4-9(13)5-15/h1-3,7,9H,4-6,13H2. The number of pyridine rings is 1. The van der Waals surface area contributed by atoms with Crippen LogP contribution in [0.3, 0.4) is 0 Å². The van der Waals surface area contributed by atoms with Crippen molar-refractivity contribution in [1.82, 2.24) is 14.3 Å². The number of fused-ring (bicyclic) bond motifs is 1. The molecule has 2 N–H and O–H groups in total. The molecule has 0 bridgehead atoms. The van der Waals surface area contributed by atoms with Crippen LogP contribution >= 0.6 is 11.6 Å². The summed E-state index contributed by atoms with van der Waals surface area (Å²) in [4.78, 5) is 6.81. The fraction of sp³-hybridized carbons (Fsp3) is 0.364. The Morgan fingerprint density at radius 3 is 2.94 bits per heavy atom. The Kier molecular flexibility index (Phi) is 2.35. The average Bonchev–Trinajstić information content (AvgIpc) is 2.57. The van der Waals surface area contributed by atoms with Crippen LogP contribution in [-0.2, 0) is 6.54 Å². The van der Waals surface area contributed by atoms with E-state index in [-0.39, 0.29) is 0 Å². The number of hydrogen-bond acceptors (Lipinski definition) is 3. The molecule has 0 amide bonds. The molecule has 1 aliphatic heterocycles. The lowest BCUT2D eigenvalue weighted by molar-refractivity contribution is 0.141. The van der Waals surface area contributed by atoms with Gasteiger partial charge in [0.1, 0.15) is 5.65 Å². The lowest BCUT2D eigenvalue weighted by Gasteiger charge is -2.36. The molecular formula is C11H13ClN4. The topological polar surface area (TPSA) is 46.6 Å². The largest absolute Gasteiger partial charge is 0.325 e. The monoisotopic (exact) mass is 236 g/mol. The Labute approximate surface area is 98.6 Å². The first kappa shape index (κ1) is 10.1. The Hall–Kier alpha value is -1.10. The molecular weight excluding hydrogens is 224 g/mol. The molecule has 2 aromatic heterocycles. The first-order chi connectivity index (χ1) is 7.70. The number of nitrogens with two attached hydrogens (primary N) is 1. The first-order valence-corrected chi connectivity index (χ1v) is 5.69. The van der Waals surface area contributed by atoms with Crippen LogP contribution < -0.4 is 5.73 Å².